The highest BCUT2D eigenvalue weighted by Crippen LogP contribution is 2.29. The van der Waals surface area contributed by atoms with Gasteiger partial charge in [-0.3, -0.25) is 0 Å². The van der Waals surface area contributed by atoms with Crippen LogP contribution in [0.15, 0.2) is 38.8 Å². The van der Waals surface area contributed by atoms with Crippen molar-refractivity contribution in [3.63, 3.8) is 0 Å². The summed E-state index contributed by atoms with van der Waals surface area (Å²) in [4.78, 5) is 9.93. The van der Waals surface area contributed by atoms with Crippen LogP contribution in [0.3, 0.4) is 0 Å². The standard InChI is InChI=1S/C13H14BrN3S/c1-8-5-9(2)17-13(16-8)18-11-4-3-10(7-15)12(14)6-11/h3-6H,7,15H2,1-2H3. The molecule has 0 aliphatic carbocycles. The van der Waals surface area contributed by atoms with Gasteiger partial charge in [-0.1, -0.05) is 22.0 Å². The molecule has 3 nitrogen and oxygen atoms in total. The molecule has 5 heteroatoms. The van der Waals surface area contributed by atoms with Gasteiger partial charge in [-0.25, -0.2) is 9.97 Å². The summed E-state index contributed by atoms with van der Waals surface area (Å²) in [7, 11) is 0. The summed E-state index contributed by atoms with van der Waals surface area (Å²) in [5.41, 5.74) is 8.71. The van der Waals surface area contributed by atoms with Crippen LogP contribution in [0.25, 0.3) is 0 Å². The Bertz CT molecular complexity index is 552. The van der Waals surface area contributed by atoms with Crippen molar-refractivity contribution >= 4 is 27.7 Å². The summed E-state index contributed by atoms with van der Waals surface area (Å²) in [5, 5.41) is 0.778. The van der Waals surface area contributed by atoms with E-state index in [1.165, 1.54) is 0 Å². The predicted molar refractivity (Wildman–Crippen MR) is 77.7 cm³/mol. The molecule has 0 aliphatic rings. The first-order chi connectivity index (χ1) is 8.58. The largest absolute Gasteiger partial charge is 0.326 e. The Hall–Kier alpha value is -0.910. The van der Waals surface area contributed by atoms with Crippen molar-refractivity contribution in [2.24, 2.45) is 5.73 Å². The second-order valence-electron chi connectivity index (χ2n) is 3.99. The Labute approximate surface area is 119 Å². The second kappa shape index (κ2) is 5.82. The Morgan fingerprint density at radius 1 is 1.17 bits per heavy atom. The summed E-state index contributed by atoms with van der Waals surface area (Å²) < 4.78 is 1.03. The highest BCUT2D eigenvalue weighted by Gasteiger charge is 2.05. The summed E-state index contributed by atoms with van der Waals surface area (Å²) >= 11 is 5.07. The van der Waals surface area contributed by atoms with Crippen LogP contribution < -0.4 is 5.73 Å². The van der Waals surface area contributed by atoms with Gasteiger partial charge >= 0.3 is 0 Å². The molecule has 2 aromatic rings. The van der Waals surface area contributed by atoms with Crippen LogP contribution in [0, 0.1) is 13.8 Å². The average Bonchev–Trinajstić information content (AvgIpc) is 2.27. The zero-order chi connectivity index (χ0) is 13.1. The minimum absolute atomic E-state index is 0.533. The lowest BCUT2D eigenvalue weighted by Gasteiger charge is -2.06. The number of hydrogen-bond acceptors (Lipinski definition) is 4. The molecular weight excluding hydrogens is 310 g/mol. The molecule has 0 bridgehead atoms. The van der Waals surface area contributed by atoms with E-state index < -0.39 is 0 Å². The smallest absolute Gasteiger partial charge is 0.192 e. The van der Waals surface area contributed by atoms with Gasteiger partial charge in [-0.2, -0.15) is 0 Å². The molecule has 0 saturated carbocycles. The van der Waals surface area contributed by atoms with Crippen molar-refractivity contribution in [3.8, 4) is 0 Å². The van der Waals surface area contributed by atoms with Crippen LogP contribution in [0.2, 0.25) is 0 Å². The molecule has 0 aliphatic heterocycles. The lowest BCUT2D eigenvalue weighted by Crippen LogP contribution is -1.97. The molecule has 0 unspecified atom stereocenters. The molecule has 94 valence electrons. The third kappa shape index (κ3) is 3.31. The Morgan fingerprint density at radius 3 is 2.39 bits per heavy atom. The lowest BCUT2D eigenvalue weighted by molar-refractivity contribution is 0.902. The highest BCUT2D eigenvalue weighted by molar-refractivity contribution is 9.10. The fraction of sp³-hybridized carbons (Fsp3) is 0.231. The van der Waals surface area contributed by atoms with Gasteiger partial charge < -0.3 is 5.73 Å². The van der Waals surface area contributed by atoms with Crippen LogP contribution in [0.4, 0.5) is 0 Å². The fourth-order valence-corrected chi connectivity index (χ4v) is 3.20. The van der Waals surface area contributed by atoms with Crippen LogP contribution in [-0.2, 0) is 6.54 Å². The number of nitrogens with two attached hydrogens (primary N) is 1. The minimum atomic E-state index is 0.533. The normalized spacial score (nSPS) is 10.7. The van der Waals surface area contributed by atoms with Gasteiger partial charge in [0.1, 0.15) is 0 Å². The van der Waals surface area contributed by atoms with E-state index in [0.717, 1.165) is 31.5 Å². The van der Waals surface area contributed by atoms with Crippen molar-refractivity contribution < 1.29 is 0 Å². The monoisotopic (exact) mass is 323 g/mol. The number of halogens is 1. The van der Waals surface area contributed by atoms with Crippen molar-refractivity contribution in [1.82, 2.24) is 9.97 Å². The van der Waals surface area contributed by atoms with Gasteiger partial charge in [0.25, 0.3) is 0 Å². The van der Waals surface area contributed by atoms with Gasteiger partial charge in [0, 0.05) is 27.3 Å². The zero-order valence-electron chi connectivity index (χ0n) is 10.3. The Balaban J connectivity index is 2.25. The zero-order valence-corrected chi connectivity index (χ0v) is 12.7. The molecule has 2 N–H and O–H groups in total. The van der Waals surface area contributed by atoms with E-state index in [1.54, 1.807) is 11.8 Å². The molecule has 0 amide bonds. The first-order valence-corrected chi connectivity index (χ1v) is 7.18. The van der Waals surface area contributed by atoms with Crippen molar-refractivity contribution in [2.45, 2.75) is 30.4 Å². The first-order valence-electron chi connectivity index (χ1n) is 5.57. The van der Waals surface area contributed by atoms with Gasteiger partial charge in [-0.15, -0.1) is 0 Å². The molecule has 0 saturated heterocycles. The molecular formula is C13H14BrN3S. The maximum Gasteiger partial charge on any atom is 0.192 e. The van der Waals surface area contributed by atoms with Crippen LogP contribution in [-0.4, -0.2) is 9.97 Å². The minimum Gasteiger partial charge on any atom is -0.326 e. The molecule has 1 aromatic carbocycles. The van der Waals surface area contributed by atoms with E-state index in [-0.39, 0.29) is 0 Å². The molecule has 0 spiro atoms. The first kappa shape index (κ1) is 13.5. The topological polar surface area (TPSA) is 51.8 Å². The van der Waals surface area contributed by atoms with Gasteiger partial charge in [0.2, 0.25) is 0 Å². The van der Waals surface area contributed by atoms with E-state index in [4.69, 9.17) is 5.73 Å². The van der Waals surface area contributed by atoms with Crippen molar-refractivity contribution in [2.75, 3.05) is 0 Å². The number of benzene rings is 1. The highest BCUT2D eigenvalue weighted by atomic mass is 79.9. The van der Waals surface area contributed by atoms with E-state index in [9.17, 15) is 0 Å². The number of nitrogens with zero attached hydrogens (tertiary/aromatic N) is 2. The third-order valence-electron chi connectivity index (χ3n) is 2.42. The second-order valence-corrected chi connectivity index (χ2v) is 5.89. The summed E-state index contributed by atoms with van der Waals surface area (Å²) in [5.74, 6) is 0. The van der Waals surface area contributed by atoms with E-state index in [0.29, 0.717) is 6.54 Å². The lowest BCUT2D eigenvalue weighted by atomic mass is 10.2. The number of hydrogen-bond donors (Lipinski definition) is 1. The molecule has 1 heterocycles. The summed E-state index contributed by atoms with van der Waals surface area (Å²) in [6.07, 6.45) is 0. The summed E-state index contributed by atoms with van der Waals surface area (Å²) in [6, 6.07) is 8.08. The van der Waals surface area contributed by atoms with E-state index in [2.05, 4.69) is 25.9 Å². The van der Waals surface area contributed by atoms with Gasteiger partial charge in [0.15, 0.2) is 5.16 Å². The maximum atomic E-state index is 5.63. The molecule has 0 fully saturated rings. The van der Waals surface area contributed by atoms with Crippen molar-refractivity contribution in [3.05, 3.63) is 45.7 Å². The number of aromatic nitrogens is 2. The molecule has 0 atom stereocenters. The molecule has 2 rings (SSSR count). The quantitative estimate of drug-likeness (QED) is 0.879. The van der Waals surface area contributed by atoms with Gasteiger partial charge in [0.05, 0.1) is 0 Å². The van der Waals surface area contributed by atoms with Crippen LogP contribution in [0.5, 0.6) is 0 Å². The van der Waals surface area contributed by atoms with Gasteiger partial charge in [-0.05, 0) is 49.4 Å². The van der Waals surface area contributed by atoms with Crippen LogP contribution in [0.1, 0.15) is 17.0 Å². The SMILES string of the molecule is Cc1cc(C)nc(Sc2ccc(CN)c(Br)c2)n1. The summed E-state index contributed by atoms with van der Waals surface area (Å²) in [6.45, 7) is 4.49. The van der Waals surface area contributed by atoms with Crippen molar-refractivity contribution in [1.29, 1.82) is 0 Å². The Morgan fingerprint density at radius 2 is 1.83 bits per heavy atom. The molecule has 18 heavy (non-hydrogen) atoms. The average molecular weight is 324 g/mol. The third-order valence-corrected chi connectivity index (χ3v) is 4.01. The molecule has 1 aromatic heterocycles. The van der Waals surface area contributed by atoms with E-state index >= 15 is 0 Å². The maximum absolute atomic E-state index is 5.63. The molecule has 0 radical (unpaired) electrons. The number of rotatable bonds is 3. The Kier molecular flexibility index (Phi) is 4.37. The predicted octanol–water partition coefficient (Wildman–Crippen LogP) is 3.47. The fourth-order valence-electron chi connectivity index (χ4n) is 1.60. The number of aryl methyl sites for hydroxylation is 2. The van der Waals surface area contributed by atoms with Crippen LogP contribution >= 0.6 is 27.7 Å². The van der Waals surface area contributed by atoms with E-state index in [1.807, 2.05) is 38.1 Å².